The maximum atomic E-state index is 9.98. The maximum absolute atomic E-state index is 9.98. The van der Waals surface area contributed by atoms with Gasteiger partial charge in [-0.3, -0.25) is 0 Å². The summed E-state index contributed by atoms with van der Waals surface area (Å²) in [5.74, 6) is 2.52. The average molecular weight is 449 g/mol. The molecule has 0 heterocycles. The van der Waals surface area contributed by atoms with E-state index in [0.29, 0.717) is 31.6 Å². The summed E-state index contributed by atoms with van der Waals surface area (Å²) in [5.41, 5.74) is 2.24. The first-order valence-corrected chi connectivity index (χ1v) is 11.7. The normalized spacial score (nSPS) is 13.6. The number of aliphatic hydroxyl groups excluding tert-OH is 1. The summed E-state index contributed by atoms with van der Waals surface area (Å²) in [6.45, 7) is 10.4. The van der Waals surface area contributed by atoms with E-state index in [4.69, 9.17) is 25.8 Å². The summed E-state index contributed by atoms with van der Waals surface area (Å²) in [6, 6.07) is 16.3. The number of unbranched alkanes of at least 4 members (excludes halogenated alkanes) is 1. The minimum atomic E-state index is -0.624. The number of hydrogen-bond acceptors (Lipinski definition) is 4. The van der Waals surface area contributed by atoms with Crippen LogP contribution in [0.25, 0.3) is 0 Å². The highest BCUT2D eigenvalue weighted by Gasteiger charge is 2.23. The molecule has 4 nitrogen and oxygen atoms in total. The minimum absolute atomic E-state index is 0.160. The summed E-state index contributed by atoms with van der Waals surface area (Å²) >= 11 is 5.84. The fourth-order valence-corrected chi connectivity index (χ4v) is 3.18. The lowest BCUT2D eigenvalue weighted by Crippen LogP contribution is -2.23. The Kier molecular flexibility index (Phi) is 10.7. The molecule has 0 radical (unpaired) electrons. The molecule has 0 fully saturated rings. The van der Waals surface area contributed by atoms with Gasteiger partial charge in [0.05, 0.1) is 13.2 Å². The van der Waals surface area contributed by atoms with Crippen LogP contribution < -0.4 is 9.47 Å². The lowest BCUT2D eigenvalue weighted by molar-refractivity contribution is 0.0113. The van der Waals surface area contributed by atoms with Gasteiger partial charge in [-0.1, -0.05) is 58.4 Å². The Bertz CT molecular complexity index is 743. The van der Waals surface area contributed by atoms with Crippen molar-refractivity contribution < 1.29 is 19.3 Å². The molecule has 0 aromatic heterocycles. The van der Waals surface area contributed by atoms with Crippen molar-refractivity contribution in [3.8, 4) is 11.5 Å². The van der Waals surface area contributed by atoms with Crippen molar-refractivity contribution in [3.05, 3.63) is 59.7 Å². The van der Waals surface area contributed by atoms with Gasteiger partial charge in [0.15, 0.2) is 0 Å². The molecule has 0 aliphatic carbocycles. The van der Waals surface area contributed by atoms with Gasteiger partial charge >= 0.3 is 0 Å². The predicted molar refractivity (Wildman–Crippen MR) is 128 cm³/mol. The highest BCUT2D eigenvalue weighted by molar-refractivity contribution is 6.18. The molecule has 0 unspecified atom stereocenters. The first-order valence-electron chi connectivity index (χ1n) is 11.1. The molecule has 2 aromatic rings. The maximum Gasteiger partial charge on any atom is 0.119 e. The van der Waals surface area contributed by atoms with Gasteiger partial charge in [-0.25, -0.2) is 0 Å². The molecule has 0 aliphatic rings. The fourth-order valence-electron chi connectivity index (χ4n) is 3.09. The van der Waals surface area contributed by atoms with Crippen molar-refractivity contribution in [1.82, 2.24) is 0 Å². The SMILES string of the molecule is CCCCOC[C@@H](O)COc1ccc(C(C)(C)c2ccc(OC[C@@H](C)CCl)cc2)cc1. The second-order valence-corrected chi connectivity index (χ2v) is 8.95. The van der Waals surface area contributed by atoms with Crippen LogP contribution in [0.15, 0.2) is 48.5 Å². The number of hydrogen-bond donors (Lipinski definition) is 1. The molecule has 0 saturated heterocycles. The standard InChI is InChI=1S/C26H37ClO4/c1-5-6-15-29-18-23(28)19-31-25-13-9-22(10-14-25)26(3,4)21-7-11-24(12-8-21)30-17-20(2)16-27/h7-14,20,23,28H,5-6,15-19H2,1-4H3/t20-,23+/m0/s1. The zero-order chi connectivity index (χ0) is 22.7. The summed E-state index contributed by atoms with van der Waals surface area (Å²) in [7, 11) is 0. The number of rotatable bonds is 14. The van der Waals surface area contributed by atoms with E-state index in [9.17, 15) is 5.11 Å². The Morgan fingerprint density at radius 3 is 1.87 bits per heavy atom. The molecule has 1 N–H and O–H groups in total. The number of aliphatic hydroxyl groups is 1. The summed E-state index contributed by atoms with van der Waals surface area (Å²) in [6.07, 6.45) is 1.47. The molecule has 2 rings (SSSR count). The summed E-state index contributed by atoms with van der Waals surface area (Å²) in [4.78, 5) is 0. The number of halogens is 1. The van der Waals surface area contributed by atoms with Gasteiger partial charge in [0.2, 0.25) is 0 Å². The van der Waals surface area contributed by atoms with E-state index in [-0.39, 0.29) is 12.0 Å². The molecular formula is C26H37ClO4. The molecule has 0 saturated carbocycles. The molecular weight excluding hydrogens is 412 g/mol. The molecule has 31 heavy (non-hydrogen) atoms. The van der Waals surface area contributed by atoms with Crippen LogP contribution in [0.5, 0.6) is 11.5 Å². The zero-order valence-corrected chi connectivity index (χ0v) is 20.0. The first-order chi connectivity index (χ1) is 14.9. The van der Waals surface area contributed by atoms with E-state index in [0.717, 1.165) is 24.3 Å². The predicted octanol–water partition coefficient (Wildman–Crippen LogP) is 5.82. The van der Waals surface area contributed by atoms with E-state index in [2.05, 4.69) is 52.0 Å². The van der Waals surface area contributed by atoms with Crippen LogP contribution >= 0.6 is 11.6 Å². The number of ether oxygens (including phenoxy) is 3. The van der Waals surface area contributed by atoms with Crippen LogP contribution in [0.1, 0.15) is 51.7 Å². The Labute approximate surface area is 192 Å². The van der Waals surface area contributed by atoms with E-state index < -0.39 is 6.10 Å². The van der Waals surface area contributed by atoms with E-state index in [1.807, 2.05) is 24.3 Å². The average Bonchev–Trinajstić information content (AvgIpc) is 2.79. The van der Waals surface area contributed by atoms with Gasteiger partial charge in [-0.05, 0) is 41.8 Å². The Morgan fingerprint density at radius 2 is 1.39 bits per heavy atom. The van der Waals surface area contributed by atoms with E-state index in [1.54, 1.807) is 0 Å². The quantitative estimate of drug-likeness (QED) is 0.292. The Morgan fingerprint density at radius 1 is 0.871 bits per heavy atom. The summed E-state index contributed by atoms with van der Waals surface area (Å²) < 4.78 is 16.9. The smallest absolute Gasteiger partial charge is 0.119 e. The largest absolute Gasteiger partial charge is 0.493 e. The highest BCUT2D eigenvalue weighted by atomic mass is 35.5. The molecule has 5 heteroatoms. The van der Waals surface area contributed by atoms with Gasteiger partial charge in [0.1, 0.15) is 24.2 Å². The summed E-state index contributed by atoms with van der Waals surface area (Å²) in [5, 5.41) is 9.98. The van der Waals surface area contributed by atoms with Gasteiger partial charge < -0.3 is 19.3 Å². The first kappa shape index (κ1) is 25.5. The molecule has 2 aromatic carbocycles. The lowest BCUT2D eigenvalue weighted by atomic mass is 9.78. The van der Waals surface area contributed by atoms with Crippen LogP contribution in [0, 0.1) is 5.92 Å². The van der Waals surface area contributed by atoms with Gasteiger partial charge in [-0.2, -0.15) is 0 Å². The van der Waals surface area contributed by atoms with Crippen LogP contribution in [0.4, 0.5) is 0 Å². The van der Waals surface area contributed by atoms with Crippen molar-refractivity contribution in [2.24, 2.45) is 5.92 Å². The third kappa shape index (κ3) is 8.36. The monoisotopic (exact) mass is 448 g/mol. The van der Waals surface area contributed by atoms with Gasteiger partial charge in [-0.15, -0.1) is 11.6 Å². The Balaban J connectivity index is 1.90. The Hall–Kier alpha value is -1.75. The highest BCUT2D eigenvalue weighted by Crippen LogP contribution is 2.33. The van der Waals surface area contributed by atoms with Gasteiger partial charge in [0, 0.05) is 23.8 Å². The van der Waals surface area contributed by atoms with Gasteiger partial charge in [0.25, 0.3) is 0 Å². The van der Waals surface area contributed by atoms with Crippen molar-refractivity contribution in [2.75, 3.05) is 32.3 Å². The lowest BCUT2D eigenvalue weighted by Gasteiger charge is -2.26. The second-order valence-electron chi connectivity index (χ2n) is 8.64. The van der Waals surface area contributed by atoms with Crippen molar-refractivity contribution >= 4 is 11.6 Å². The van der Waals surface area contributed by atoms with E-state index >= 15 is 0 Å². The second kappa shape index (κ2) is 12.9. The van der Waals surface area contributed by atoms with Crippen LogP contribution in [-0.2, 0) is 10.2 Å². The molecule has 172 valence electrons. The van der Waals surface area contributed by atoms with Crippen LogP contribution in [-0.4, -0.2) is 43.5 Å². The number of benzene rings is 2. The molecule has 0 bridgehead atoms. The van der Waals surface area contributed by atoms with Crippen LogP contribution in [0.2, 0.25) is 0 Å². The zero-order valence-electron chi connectivity index (χ0n) is 19.3. The number of alkyl halides is 1. The molecule has 2 atom stereocenters. The third-order valence-corrected chi connectivity index (χ3v) is 5.87. The molecule has 0 spiro atoms. The van der Waals surface area contributed by atoms with Crippen molar-refractivity contribution in [1.29, 1.82) is 0 Å². The van der Waals surface area contributed by atoms with E-state index in [1.165, 1.54) is 11.1 Å². The molecule has 0 amide bonds. The van der Waals surface area contributed by atoms with Crippen molar-refractivity contribution in [2.45, 2.75) is 52.1 Å². The topological polar surface area (TPSA) is 47.9 Å². The van der Waals surface area contributed by atoms with Crippen LogP contribution in [0.3, 0.4) is 0 Å². The third-order valence-electron chi connectivity index (χ3n) is 5.34. The minimum Gasteiger partial charge on any atom is -0.493 e. The van der Waals surface area contributed by atoms with Crippen molar-refractivity contribution in [3.63, 3.8) is 0 Å². The fraction of sp³-hybridized carbons (Fsp3) is 0.538. The molecule has 0 aliphatic heterocycles.